The van der Waals surface area contributed by atoms with Gasteiger partial charge in [-0.1, -0.05) is 116 Å². The molecule has 0 aliphatic rings. The van der Waals surface area contributed by atoms with Gasteiger partial charge in [0.15, 0.2) is 0 Å². The molecule has 0 fully saturated rings. The molecule has 1 nitrogen and oxygen atoms in total. The van der Waals surface area contributed by atoms with Crippen molar-refractivity contribution in [3.05, 3.63) is 73.9 Å². The molecule has 11 heteroatoms. The first-order valence-corrected chi connectivity index (χ1v) is 10.4. The van der Waals surface area contributed by atoms with E-state index in [0.29, 0.717) is 11.1 Å². The van der Waals surface area contributed by atoms with E-state index >= 15 is 0 Å². The van der Waals surface area contributed by atoms with Gasteiger partial charge in [0.05, 0.1) is 62.8 Å². The van der Waals surface area contributed by atoms with Crippen molar-refractivity contribution in [3.8, 4) is 0 Å². The molecule has 144 valence electrons. The van der Waals surface area contributed by atoms with Gasteiger partial charge in [0.1, 0.15) is 0 Å². The summed E-state index contributed by atoms with van der Waals surface area (Å²) in [5.74, 6) is 0. The van der Waals surface area contributed by atoms with Gasteiger partial charge in [0.2, 0.25) is 0 Å². The van der Waals surface area contributed by atoms with E-state index in [0.717, 1.165) is 0 Å². The summed E-state index contributed by atoms with van der Waals surface area (Å²) in [4.78, 5) is 0. The van der Waals surface area contributed by atoms with E-state index in [1.54, 1.807) is 0 Å². The fraction of sp³-hybridized carbons (Fsp3) is 0. The Morgan fingerprint density at radius 2 is 0.593 bits per heavy atom. The molecule has 0 unspecified atom stereocenters. The van der Waals surface area contributed by atoms with Crippen LogP contribution in [0.2, 0.25) is 50.2 Å². The molecule has 0 aromatic heterocycles. The van der Waals surface area contributed by atoms with Crippen LogP contribution in [0.1, 0.15) is 11.1 Å². The SMILES string of the molecule is Clc1c(Cl)c(Cl)c(C=COC=Cc2c(Cl)c(Cl)c(Cl)c(Cl)c2Cl)c(Cl)c1Cl. The normalized spacial score (nSPS) is 11.8. The largest absolute Gasteiger partial charge is 0.473 e. The van der Waals surface area contributed by atoms with Crippen LogP contribution in [0.3, 0.4) is 0 Å². The summed E-state index contributed by atoms with van der Waals surface area (Å²) < 4.78 is 5.25. The highest BCUT2D eigenvalue weighted by molar-refractivity contribution is 6.56. The summed E-state index contributed by atoms with van der Waals surface area (Å²) in [5.41, 5.74) is 0.666. The van der Waals surface area contributed by atoms with Crippen LogP contribution in [-0.2, 0) is 4.74 Å². The van der Waals surface area contributed by atoms with Crippen molar-refractivity contribution in [1.29, 1.82) is 0 Å². The van der Waals surface area contributed by atoms with E-state index in [4.69, 9.17) is 121 Å². The minimum atomic E-state index is 0.0621. The van der Waals surface area contributed by atoms with E-state index in [1.807, 2.05) is 0 Å². The zero-order chi connectivity index (χ0) is 20.5. The van der Waals surface area contributed by atoms with Crippen molar-refractivity contribution >= 4 is 128 Å². The van der Waals surface area contributed by atoms with Gasteiger partial charge in [-0.25, -0.2) is 0 Å². The van der Waals surface area contributed by atoms with E-state index < -0.39 is 0 Å². The molecule has 2 rings (SSSR count). The summed E-state index contributed by atoms with van der Waals surface area (Å²) in [5, 5.41) is 0.936. The topological polar surface area (TPSA) is 9.23 Å². The van der Waals surface area contributed by atoms with Crippen LogP contribution in [0.5, 0.6) is 0 Å². The van der Waals surface area contributed by atoms with Gasteiger partial charge in [0.25, 0.3) is 0 Å². The maximum atomic E-state index is 6.11. The quantitative estimate of drug-likeness (QED) is 0.203. The minimum absolute atomic E-state index is 0.0621. The molecule has 0 bridgehead atoms. The zero-order valence-electron chi connectivity index (χ0n) is 12.5. The van der Waals surface area contributed by atoms with Crippen LogP contribution in [0.4, 0.5) is 0 Å². The Kier molecular flexibility index (Phi) is 8.93. The fourth-order valence-electron chi connectivity index (χ4n) is 1.80. The molecule has 0 amide bonds. The van der Waals surface area contributed by atoms with Crippen LogP contribution in [0.15, 0.2) is 12.5 Å². The molecule has 0 atom stereocenters. The lowest BCUT2D eigenvalue weighted by atomic mass is 10.2. The summed E-state index contributed by atoms with van der Waals surface area (Å²) in [7, 11) is 0. The van der Waals surface area contributed by atoms with Gasteiger partial charge in [-0.3, -0.25) is 0 Å². The maximum absolute atomic E-state index is 6.11. The predicted octanol–water partition coefficient (Wildman–Crippen LogP) is 10.9. The third-order valence-corrected chi connectivity index (χ3v) is 7.73. The summed E-state index contributed by atoms with van der Waals surface area (Å²) in [6.07, 6.45) is 5.47. The van der Waals surface area contributed by atoms with Gasteiger partial charge in [-0.05, 0) is 12.2 Å². The zero-order valence-corrected chi connectivity index (χ0v) is 20.1. The lowest BCUT2D eigenvalue weighted by molar-refractivity contribution is 0.410. The molecule has 0 aliphatic heterocycles. The van der Waals surface area contributed by atoms with Crippen molar-refractivity contribution < 1.29 is 4.74 Å². The number of hydrogen-bond donors (Lipinski definition) is 0. The lowest BCUT2D eigenvalue weighted by Gasteiger charge is -2.09. The Morgan fingerprint density at radius 3 is 0.852 bits per heavy atom. The molecule has 0 radical (unpaired) electrons. The third-order valence-electron chi connectivity index (χ3n) is 3.11. The van der Waals surface area contributed by atoms with E-state index in [9.17, 15) is 0 Å². The second-order valence-corrected chi connectivity index (χ2v) is 8.49. The Labute approximate surface area is 205 Å². The lowest BCUT2D eigenvalue weighted by Crippen LogP contribution is -1.85. The van der Waals surface area contributed by atoms with Crippen LogP contribution >= 0.6 is 116 Å². The standard InChI is InChI=1S/C16H4Cl10O/c17-7-5(8(18)12(22)15(25)11(7)21)1-3-27-4-2-6-9(19)13(23)16(26)14(24)10(6)20/h1-4H. The van der Waals surface area contributed by atoms with E-state index in [1.165, 1.54) is 24.7 Å². The van der Waals surface area contributed by atoms with Gasteiger partial charge in [0, 0.05) is 11.1 Å². The Hall–Kier alpha value is 0.620. The van der Waals surface area contributed by atoms with Crippen LogP contribution in [0.25, 0.3) is 12.2 Å². The highest BCUT2D eigenvalue weighted by Gasteiger charge is 2.18. The molecule has 0 N–H and O–H groups in total. The summed E-state index contributed by atoms with van der Waals surface area (Å²) in [6.45, 7) is 0. The van der Waals surface area contributed by atoms with Crippen molar-refractivity contribution in [2.24, 2.45) is 0 Å². The Bertz CT molecular complexity index is 829. The average Bonchev–Trinajstić information content (AvgIpc) is 2.66. The molecule has 2 aromatic carbocycles. The maximum Gasteiger partial charge on any atom is 0.0908 e. The van der Waals surface area contributed by atoms with Crippen molar-refractivity contribution in [2.75, 3.05) is 0 Å². The fourth-order valence-corrected chi connectivity index (χ4v) is 4.35. The first kappa shape index (κ1) is 23.9. The monoisotopic (exact) mass is 562 g/mol. The molecule has 2 aromatic rings. The highest BCUT2D eigenvalue weighted by atomic mass is 35.5. The number of rotatable bonds is 4. The summed E-state index contributed by atoms with van der Waals surface area (Å²) in [6, 6.07) is 0. The number of halogens is 10. The third kappa shape index (κ3) is 5.03. The molecule has 0 heterocycles. The van der Waals surface area contributed by atoms with Crippen LogP contribution in [-0.4, -0.2) is 0 Å². The van der Waals surface area contributed by atoms with Gasteiger partial charge < -0.3 is 4.74 Å². The summed E-state index contributed by atoms with van der Waals surface area (Å²) >= 11 is 60.3. The van der Waals surface area contributed by atoms with Crippen molar-refractivity contribution in [1.82, 2.24) is 0 Å². The van der Waals surface area contributed by atoms with E-state index in [-0.39, 0.29) is 50.2 Å². The van der Waals surface area contributed by atoms with E-state index in [2.05, 4.69) is 0 Å². The predicted molar refractivity (Wildman–Crippen MR) is 122 cm³/mol. The van der Waals surface area contributed by atoms with Crippen molar-refractivity contribution in [2.45, 2.75) is 0 Å². The smallest absolute Gasteiger partial charge is 0.0908 e. The minimum Gasteiger partial charge on any atom is -0.473 e. The number of hydrogen-bond acceptors (Lipinski definition) is 1. The second kappa shape index (κ2) is 10.1. The first-order valence-electron chi connectivity index (χ1n) is 6.61. The van der Waals surface area contributed by atoms with Crippen LogP contribution < -0.4 is 0 Å². The number of benzene rings is 2. The highest BCUT2D eigenvalue weighted by Crippen LogP contribution is 2.45. The second-order valence-electron chi connectivity index (χ2n) is 4.71. The van der Waals surface area contributed by atoms with Gasteiger partial charge in [-0.15, -0.1) is 0 Å². The molecular weight excluding hydrogens is 563 g/mol. The first-order chi connectivity index (χ1) is 12.6. The molecule has 0 saturated heterocycles. The van der Waals surface area contributed by atoms with Crippen LogP contribution in [0, 0.1) is 0 Å². The number of ether oxygens (including phenoxy) is 1. The van der Waals surface area contributed by atoms with Gasteiger partial charge >= 0.3 is 0 Å². The van der Waals surface area contributed by atoms with Gasteiger partial charge in [-0.2, -0.15) is 0 Å². The molecular formula is C16H4Cl10O. The van der Waals surface area contributed by atoms with Crippen molar-refractivity contribution in [3.63, 3.8) is 0 Å². The Morgan fingerprint density at radius 1 is 0.370 bits per heavy atom. The molecule has 0 aliphatic carbocycles. The Balaban J connectivity index is 2.26. The molecule has 0 spiro atoms. The molecule has 27 heavy (non-hydrogen) atoms. The average molecular weight is 567 g/mol. The molecule has 0 saturated carbocycles.